The van der Waals surface area contributed by atoms with Gasteiger partial charge in [-0.2, -0.15) is 0 Å². The van der Waals surface area contributed by atoms with E-state index in [2.05, 4.69) is 31.7 Å². The summed E-state index contributed by atoms with van der Waals surface area (Å²) in [6.45, 7) is 11.6. The second-order valence-corrected chi connectivity index (χ2v) is 8.69. The molecule has 4 rings (SSSR count). The number of carbonyl (C=O) groups is 2. The van der Waals surface area contributed by atoms with Gasteiger partial charge in [0.1, 0.15) is 12.4 Å². The molecular formula is C24H30N4O3. The van der Waals surface area contributed by atoms with E-state index in [1.165, 1.54) is 11.1 Å². The molecule has 2 saturated heterocycles. The lowest BCUT2D eigenvalue weighted by Crippen LogP contribution is -2.49. The minimum Gasteiger partial charge on any atom is -0.447 e. The van der Waals surface area contributed by atoms with Crippen LogP contribution in [0.4, 0.5) is 16.3 Å². The number of nitrogens with zero attached hydrogens (tertiary/aromatic N) is 4. The Balaban J connectivity index is 1.39. The molecule has 0 bridgehead atoms. The van der Waals surface area contributed by atoms with Crippen LogP contribution in [-0.2, 0) is 4.74 Å². The molecule has 0 saturated carbocycles. The van der Waals surface area contributed by atoms with Crippen molar-refractivity contribution in [2.45, 2.75) is 39.7 Å². The van der Waals surface area contributed by atoms with E-state index >= 15 is 0 Å². The summed E-state index contributed by atoms with van der Waals surface area (Å²) in [5.41, 5.74) is 3.81. The zero-order chi connectivity index (χ0) is 22.1. The van der Waals surface area contributed by atoms with Gasteiger partial charge < -0.3 is 14.5 Å². The number of aryl methyl sites for hydroxylation is 1. The van der Waals surface area contributed by atoms with E-state index in [1.54, 1.807) is 17.0 Å². The van der Waals surface area contributed by atoms with Crippen LogP contribution in [0.15, 0.2) is 36.5 Å². The third-order valence-electron chi connectivity index (χ3n) is 6.08. The Hall–Kier alpha value is -3.09. The van der Waals surface area contributed by atoms with E-state index in [0.717, 1.165) is 24.6 Å². The SMILES string of the molecule is Cc1cc(C(C)C)cnc1N1CCN(C(=O)c2ccc(N3C(=O)OCC3C)cc2)CC1. The van der Waals surface area contributed by atoms with Crippen LogP contribution < -0.4 is 9.80 Å². The van der Waals surface area contributed by atoms with Gasteiger partial charge in [0.2, 0.25) is 0 Å². The number of benzene rings is 1. The summed E-state index contributed by atoms with van der Waals surface area (Å²) in [7, 11) is 0. The number of ether oxygens (including phenoxy) is 1. The monoisotopic (exact) mass is 422 g/mol. The number of cyclic esters (lactones) is 1. The Morgan fingerprint density at radius 3 is 2.35 bits per heavy atom. The zero-order valence-electron chi connectivity index (χ0n) is 18.7. The molecule has 0 spiro atoms. The van der Waals surface area contributed by atoms with Crippen molar-refractivity contribution >= 4 is 23.5 Å². The molecule has 2 aliphatic heterocycles. The fourth-order valence-corrected chi connectivity index (χ4v) is 4.18. The third-order valence-corrected chi connectivity index (χ3v) is 6.08. The molecule has 2 aliphatic rings. The van der Waals surface area contributed by atoms with Gasteiger partial charge in [-0.25, -0.2) is 9.78 Å². The number of amides is 2. The standard InChI is InChI=1S/C24H30N4O3/c1-16(2)20-13-17(3)22(25-14-20)26-9-11-27(12-10-26)23(29)19-5-7-21(8-6-19)28-18(4)15-31-24(28)30/h5-8,13-14,16,18H,9-12,15H2,1-4H3. The molecule has 1 unspecified atom stereocenters. The third kappa shape index (κ3) is 4.22. The number of anilines is 2. The average molecular weight is 423 g/mol. The Kier molecular flexibility index (Phi) is 5.85. The number of pyridine rings is 1. The summed E-state index contributed by atoms with van der Waals surface area (Å²) < 4.78 is 5.08. The van der Waals surface area contributed by atoms with Crippen molar-refractivity contribution in [1.29, 1.82) is 0 Å². The normalized spacial score (nSPS) is 19.2. The van der Waals surface area contributed by atoms with Gasteiger partial charge in [-0.3, -0.25) is 9.69 Å². The van der Waals surface area contributed by atoms with Crippen molar-refractivity contribution in [2.24, 2.45) is 0 Å². The largest absolute Gasteiger partial charge is 0.447 e. The van der Waals surface area contributed by atoms with E-state index in [9.17, 15) is 9.59 Å². The maximum absolute atomic E-state index is 13.0. The lowest BCUT2D eigenvalue weighted by atomic mass is 10.0. The minimum atomic E-state index is -0.340. The van der Waals surface area contributed by atoms with Crippen LogP contribution in [0.2, 0.25) is 0 Å². The molecule has 2 aromatic rings. The second kappa shape index (κ2) is 8.57. The van der Waals surface area contributed by atoms with Crippen LogP contribution in [0.25, 0.3) is 0 Å². The van der Waals surface area contributed by atoms with Crippen molar-refractivity contribution in [3.63, 3.8) is 0 Å². The number of piperazine rings is 1. The van der Waals surface area contributed by atoms with Crippen LogP contribution in [0, 0.1) is 6.92 Å². The zero-order valence-corrected chi connectivity index (χ0v) is 18.7. The van der Waals surface area contributed by atoms with E-state index in [4.69, 9.17) is 9.72 Å². The molecule has 3 heterocycles. The Morgan fingerprint density at radius 1 is 1.13 bits per heavy atom. The molecule has 0 radical (unpaired) electrons. The highest BCUT2D eigenvalue weighted by Gasteiger charge is 2.31. The average Bonchev–Trinajstić information content (AvgIpc) is 3.11. The van der Waals surface area contributed by atoms with Gasteiger partial charge >= 0.3 is 6.09 Å². The molecule has 164 valence electrons. The number of hydrogen-bond acceptors (Lipinski definition) is 5. The highest BCUT2D eigenvalue weighted by Crippen LogP contribution is 2.25. The first-order valence-corrected chi connectivity index (χ1v) is 10.9. The van der Waals surface area contributed by atoms with Gasteiger partial charge in [-0.05, 0) is 55.2 Å². The van der Waals surface area contributed by atoms with Crippen molar-refractivity contribution < 1.29 is 14.3 Å². The maximum atomic E-state index is 13.0. The van der Waals surface area contributed by atoms with E-state index in [-0.39, 0.29) is 18.0 Å². The molecule has 7 heteroatoms. The molecule has 1 atom stereocenters. The number of hydrogen-bond donors (Lipinski definition) is 0. The summed E-state index contributed by atoms with van der Waals surface area (Å²) in [5, 5.41) is 0. The fraction of sp³-hybridized carbons (Fsp3) is 0.458. The van der Waals surface area contributed by atoms with E-state index < -0.39 is 0 Å². The number of aromatic nitrogens is 1. The lowest BCUT2D eigenvalue weighted by molar-refractivity contribution is 0.0746. The molecular weight excluding hydrogens is 392 g/mol. The van der Waals surface area contributed by atoms with Gasteiger partial charge in [0.15, 0.2) is 0 Å². The molecule has 1 aromatic carbocycles. The highest BCUT2D eigenvalue weighted by atomic mass is 16.6. The molecule has 0 aliphatic carbocycles. The molecule has 31 heavy (non-hydrogen) atoms. The molecule has 7 nitrogen and oxygen atoms in total. The van der Waals surface area contributed by atoms with Gasteiger partial charge in [0.25, 0.3) is 5.91 Å². The van der Waals surface area contributed by atoms with E-state index in [0.29, 0.717) is 31.2 Å². The molecule has 1 aromatic heterocycles. The fourth-order valence-electron chi connectivity index (χ4n) is 4.18. The summed E-state index contributed by atoms with van der Waals surface area (Å²) in [4.78, 5) is 35.3. The highest BCUT2D eigenvalue weighted by molar-refractivity contribution is 5.96. The number of carbonyl (C=O) groups excluding carboxylic acids is 2. The molecule has 0 N–H and O–H groups in total. The number of rotatable bonds is 4. The van der Waals surface area contributed by atoms with E-state index in [1.807, 2.05) is 30.2 Å². The van der Waals surface area contributed by atoms with Crippen molar-refractivity contribution in [1.82, 2.24) is 9.88 Å². The summed E-state index contributed by atoms with van der Waals surface area (Å²) in [6.07, 6.45) is 1.62. The van der Waals surface area contributed by atoms with Crippen molar-refractivity contribution in [3.05, 3.63) is 53.2 Å². The van der Waals surface area contributed by atoms with Gasteiger partial charge in [0, 0.05) is 43.6 Å². The topological polar surface area (TPSA) is 66.0 Å². The summed E-state index contributed by atoms with van der Waals surface area (Å²) in [5.74, 6) is 1.48. The van der Waals surface area contributed by atoms with Crippen molar-refractivity contribution in [3.8, 4) is 0 Å². The predicted octanol–water partition coefficient (Wildman–Crippen LogP) is 3.82. The second-order valence-electron chi connectivity index (χ2n) is 8.69. The van der Waals surface area contributed by atoms with Gasteiger partial charge in [-0.1, -0.05) is 19.9 Å². The minimum absolute atomic E-state index is 0.00574. The Morgan fingerprint density at radius 2 is 1.81 bits per heavy atom. The van der Waals surface area contributed by atoms with Gasteiger partial charge in [0.05, 0.1) is 6.04 Å². The summed E-state index contributed by atoms with van der Waals surface area (Å²) in [6, 6.07) is 9.42. The molecule has 2 fully saturated rings. The predicted molar refractivity (Wildman–Crippen MR) is 121 cm³/mol. The lowest BCUT2D eigenvalue weighted by Gasteiger charge is -2.36. The van der Waals surface area contributed by atoms with Crippen LogP contribution in [0.5, 0.6) is 0 Å². The first-order valence-electron chi connectivity index (χ1n) is 10.9. The van der Waals surface area contributed by atoms with Crippen LogP contribution in [0.3, 0.4) is 0 Å². The summed E-state index contributed by atoms with van der Waals surface area (Å²) >= 11 is 0. The first kappa shape index (κ1) is 21.2. The van der Waals surface area contributed by atoms with Crippen LogP contribution >= 0.6 is 0 Å². The van der Waals surface area contributed by atoms with Crippen LogP contribution in [-0.4, -0.2) is 60.7 Å². The smallest absolute Gasteiger partial charge is 0.414 e. The van der Waals surface area contributed by atoms with Crippen LogP contribution in [0.1, 0.15) is 48.2 Å². The molecule has 2 amide bonds. The maximum Gasteiger partial charge on any atom is 0.414 e. The van der Waals surface area contributed by atoms with Gasteiger partial charge in [-0.15, -0.1) is 0 Å². The Bertz CT molecular complexity index is 965. The first-order chi connectivity index (χ1) is 14.8. The Labute approximate surface area is 183 Å². The van der Waals surface area contributed by atoms with Crippen molar-refractivity contribution in [2.75, 3.05) is 42.6 Å². The quantitative estimate of drug-likeness (QED) is 0.749.